The monoisotopic (exact) mass is 449 g/mol. The fourth-order valence-electron chi connectivity index (χ4n) is 3.78. The number of halogens is 1. The molecule has 0 saturated heterocycles. The number of carbonyl (C=O) groups is 2. The number of imide groups is 1. The number of anilines is 1. The topological polar surface area (TPSA) is 46.6 Å². The minimum atomic E-state index is -1.27. The van der Waals surface area contributed by atoms with E-state index < -0.39 is 28.2 Å². The van der Waals surface area contributed by atoms with Crippen LogP contribution in [0.2, 0.25) is 0 Å². The summed E-state index contributed by atoms with van der Waals surface area (Å²) in [5.74, 6) is -0.833. The molecule has 0 spiro atoms. The first-order chi connectivity index (χ1) is 15.1. The maximum Gasteiger partial charge on any atom is 0.421 e. The molecule has 164 valence electrons. The van der Waals surface area contributed by atoms with Crippen molar-refractivity contribution in [2.45, 2.75) is 42.9 Å². The van der Waals surface area contributed by atoms with Crippen LogP contribution < -0.4 is 4.90 Å². The number of thioether (sulfide) groups is 1. The molecule has 1 heterocycles. The van der Waals surface area contributed by atoms with Gasteiger partial charge in [-0.1, -0.05) is 59.8 Å². The largest absolute Gasteiger partial charge is 0.443 e. The fraction of sp³-hybridized carbons (Fsp3) is 0.231. The molecule has 0 bridgehead atoms. The van der Waals surface area contributed by atoms with Crippen LogP contribution in [0.4, 0.5) is 14.9 Å². The first-order valence-electron chi connectivity index (χ1n) is 10.3. The molecule has 0 saturated carbocycles. The van der Waals surface area contributed by atoms with Crippen molar-refractivity contribution in [2.24, 2.45) is 0 Å². The van der Waals surface area contributed by atoms with Gasteiger partial charge in [-0.25, -0.2) is 14.1 Å². The van der Waals surface area contributed by atoms with Crippen LogP contribution in [0.1, 0.15) is 37.5 Å². The van der Waals surface area contributed by atoms with Crippen molar-refractivity contribution in [3.8, 4) is 0 Å². The van der Waals surface area contributed by atoms with E-state index in [1.54, 1.807) is 39.0 Å². The molecule has 1 aliphatic rings. The highest BCUT2D eigenvalue weighted by Gasteiger charge is 2.56. The Hall–Kier alpha value is -3.12. The lowest BCUT2D eigenvalue weighted by molar-refractivity contribution is -0.119. The Morgan fingerprint density at radius 3 is 2.28 bits per heavy atom. The summed E-state index contributed by atoms with van der Waals surface area (Å²) in [6.45, 7) is 7.21. The number of aryl methyl sites for hydroxylation is 1. The van der Waals surface area contributed by atoms with Gasteiger partial charge in [0, 0.05) is 10.5 Å². The zero-order valence-corrected chi connectivity index (χ0v) is 19.2. The average Bonchev–Trinajstić information content (AvgIpc) is 2.96. The van der Waals surface area contributed by atoms with Crippen molar-refractivity contribution in [1.82, 2.24) is 0 Å². The Morgan fingerprint density at radius 2 is 1.66 bits per heavy atom. The summed E-state index contributed by atoms with van der Waals surface area (Å²) >= 11 is 1.33. The van der Waals surface area contributed by atoms with Crippen LogP contribution in [0.3, 0.4) is 0 Å². The summed E-state index contributed by atoms with van der Waals surface area (Å²) < 4.78 is 18.1. The van der Waals surface area contributed by atoms with Gasteiger partial charge in [0.1, 0.15) is 11.4 Å². The molecule has 3 aromatic carbocycles. The van der Waals surface area contributed by atoms with Crippen molar-refractivity contribution >= 4 is 29.4 Å². The average molecular weight is 450 g/mol. The maximum absolute atomic E-state index is 14.1. The Labute approximate surface area is 191 Å². The van der Waals surface area contributed by atoms with E-state index in [4.69, 9.17) is 4.74 Å². The molecule has 6 heteroatoms. The lowest BCUT2D eigenvalue weighted by Crippen LogP contribution is -2.44. The van der Waals surface area contributed by atoms with E-state index in [1.165, 1.54) is 23.9 Å². The third-order valence-corrected chi connectivity index (χ3v) is 6.56. The molecule has 0 aliphatic carbocycles. The van der Waals surface area contributed by atoms with E-state index in [1.807, 2.05) is 49.4 Å². The number of benzene rings is 3. The molecule has 1 aliphatic heterocycles. The quantitative estimate of drug-likeness (QED) is 0.461. The molecule has 0 radical (unpaired) electrons. The summed E-state index contributed by atoms with van der Waals surface area (Å²) in [5, 5.41) is 0. The standard InChI is InChI=1S/C26H24FNO3S/c1-17-10-15-22-21(16-17)26(18-11-13-19(27)14-12-18,32-20-8-6-5-7-9-20)23(29)28(22)24(30)31-25(2,3)4/h5-16H,1-4H3/t26-/m0/s1. The number of amides is 2. The second kappa shape index (κ2) is 8.10. The van der Waals surface area contributed by atoms with Crippen LogP contribution in [-0.2, 0) is 14.3 Å². The van der Waals surface area contributed by atoms with E-state index in [9.17, 15) is 14.0 Å². The first-order valence-corrected chi connectivity index (χ1v) is 11.1. The molecule has 4 rings (SSSR count). The van der Waals surface area contributed by atoms with E-state index >= 15 is 0 Å². The minimum Gasteiger partial charge on any atom is -0.443 e. The molecular weight excluding hydrogens is 425 g/mol. The summed E-state index contributed by atoms with van der Waals surface area (Å²) in [7, 11) is 0. The maximum atomic E-state index is 14.1. The zero-order chi connectivity index (χ0) is 23.1. The van der Waals surface area contributed by atoms with E-state index in [0.29, 0.717) is 16.8 Å². The second-order valence-corrected chi connectivity index (χ2v) is 10.0. The Balaban J connectivity index is 1.96. The lowest BCUT2D eigenvalue weighted by atomic mass is 9.90. The third kappa shape index (κ3) is 3.91. The number of rotatable bonds is 3. The van der Waals surface area contributed by atoms with Crippen molar-refractivity contribution in [1.29, 1.82) is 0 Å². The summed E-state index contributed by atoms with van der Waals surface area (Å²) in [6, 6.07) is 20.9. The highest BCUT2D eigenvalue weighted by atomic mass is 32.2. The van der Waals surface area contributed by atoms with Gasteiger partial charge < -0.3 is 4.74 Å². The van der Waals surface area contributed by atoms with E-state index in [-0.39, 0.29) is 0 Å². The van der Waals surface area contributed by atoms with Gasteiger partial charge in [-0.3, -0.25) is 4.79 Å². The highest BCUT2D eigenvalue weighted by molar-refractivity contribution is 8.01. The van der Waals surface area contributed by atoms with E-state index in [0.717, 1.165) is 15.4 Å². The molecule has 0 aromatic heterocycles. The highest BCUT2D eigenvalue weighted by Crippen LogP contribution is 2.55. The van der Waals surface area contributed by atoms with Crippen molar-refractivity contribution in [2.75, 3.05) is 4.90 Å². The normalized spacial score (nSPS) is 17.9. The van der Waals surface area contributed by atoms with Gasteiger partial charge in [0.05, 0.1) is 5.69 Å². The Bertz CT molecular complexity index is 1170. The summed E-state index contributed by atoms with van der Waals surface area (Å²) in [5.41, 5.74) is 1.92. The van der Waals surface area contributed by atoms with Crippen LogP contribution >= 0.6 is 11.8 Å². The third-order valence-electron chi connectivity index (χ3n) is 5.12. The molecule has 0 unspecified atom stereocenters. The number of hydrogen-bond donors (Lipinski definition) is 0. The number of nitrogens with zero attached hydrogens (tertiary/aromatic N) is 1. The van der Waals surface area contributed by atoms with Crippen LogP contribution in [-0.4, -0.2) is 17.6 Å². The lowest BCUT2D eigenvalue weighted by Gasteiger charge is -2.29. The molecule has 1 atom stereocenters. The second-order valence-electron chi connectivity index (χ2n) is 8.74. The van der Waals surface area contributed by atoms with Crippen molar-refractivity contribution < 1.29 is 18.7 Å². The molecule has 2 amide bonds. The van der Waals surface area contributed by atoms with Crippen LogP contribution in [0.15, 0.2) is 77.7 Å². The van der Waals surface area contributed by atoms with Gasteiger partial charge in [-0.2, -0.15) is 0 Å². The summed E-state index contributed by atoms with van der Waals surface area (Å²) in [4.78, 5) is 29.2. The predicted octanol–water partition coefficient (Wildman–Crippen LogP) is 6.45. The number of carbonyl (C=O) groups excluding carboxylic acids is 2. The van der Waals surface area contributed by atoms with Crippen molar-refractivity contribution in [3.05, 3.63) is 95.3 Å². The van der Waals surface area contributed by atoms with Gasteiger partial charge in [-0.15, -0.1) is 0 Å². The molecular formula is C26H24FNO3S. The summed E-state index contributed by atoms with van der Waals surface area (Å²) in [6.07, 6.45) is -0.731. The number of ether oxygens (including phenoxy) is 1. The van der Waals surface area contributed by atoms with Gasteiger partial charge in [0.25, 0.3) is 5.91 Å². The smallest absolute Gasteiger partial charge is 0.421 e. The number of fused-ring (bicyclic) bond motifs is 1. The van der Waals surface area contributed by atoms with Crippen LogP contribution in [0, 0.1) is 12.7 Å². The zero-order valence-electron chi connectivity index (χ0n) is 18.4. The van der Waals surface area contributed by atoms with Gasteiger partial charge >= 0.3 is 6.09 Å². The minimum absolute atomic E-state index is 0.396. The van der Waals surface area contributed by atoms with Gasteiger partial charge in [0.15, 0.2) is 4.75 Å². The first kappa shape index (κ1) is 22.1. The van der Waals surface area contributed by atoms with Gasteiger partial charge in [0.2, 0.25) is 0 Å². The Morgan fingerprint density at radius 1 is 1.00 bits per heavy atom. The fourth-order valence-corrected chi connectivity index (χ4v) is 5.14. The molecule has 0 fully saturated rings. The molecule has 0 N–H and O–H groups in total. The molecule has 4 nitrogen and oxygen atoms in total. The van der Waals surface area contributed by atoms with Crippen LogP contribution in [0.5, 0.6) is 0 Å². The Kier molecular flexibility index (Phi) is 5.59. The SMILES string of the molecule is Cc1ccc2c(c1)[C@@](Sc1ccccc1)(c1ccc(F)cc1)C(=O)N2C(=O)OC(C)(C)C. The predicted molar refractivity (Wildman–Crippen MR) is 124 cm³/mol. The van der Waals surface area contributed by atoms with E-state index in [2.05, 4.69) is 0 Å². The van der Waals surface area contributed by atoms with Crippen molar-refractivity contribution in [3.63, 3.8) is 0 Å². The van der Waals surface area contributed by atoms with Gasteiger partial charge in [-0.05, 0) is 63.6 Å². The van der Waals surface area contributed by atoms with Crippen LogP contribution in [0.25, 0.3) is 0 Å². The molecule has 32 heavy (non-hydrogen) atoms. The molecule has 3 aromatic rings. The number of hydrogen-bond acceptors (Lipinski definition) is 4.